The Bertz CT molecular complexity index is 254. The summed E-state index contributed by atoms with van der Waals surface area (Å²) in [6, 6.07) is 3.54. The molecule has 0 bridgehead atoms. The monoisotopic (exact) mass is 153 g/mol. The molecule has 0 spiro atoms. The standard InChI is InChI=1S/C7H11N3O/c1-2-10-5-3-4-6(10)7(11)9-8/h3-5H,2,8H2,1H3,(H,9,11). The average molecular weight is 153 g/mol. The summed E-state index contributed by atoms with van der Waals surface area (Å²) in [6.45, 7) is 2.74. The number of carbonyl (C=O) groups excluding carboxylic acids is 1. The van der Waals surface area contributed by atoms with Crippen molar-refractivity contribution in [2.45, 2.75) is 13.5 Å². The van der Waals surface area contributed by atoms with Crippen LogP contribution in [-0.2, 0) is 6.54 Å². The molecule has 0 radical (unpaired) electrons. The summed E-state index contributed by atoms with van der Waals surface area (Å²) in [7, 11) is 0. The van der Waals surface area contributed by atoms with Crippen LogP contribution in [0.4, 0.5) is 0 Å². The van der Waals surface area contributed by atoms with Crippen molar-refractivity contribution in [3.63, 3.8) is 0 Å². The fourth-order valence-corrected chi connectivity index (χ4v) is 0.970. The van der Waals surface area contributed by atoms with Crippen molar-refractivity contribution in [2.75, 3.05) is 0 Å². The van der Waals surface area contributed by atoms with Crippen molar-refractivity contribution in [2.24, 2.45) is 5.84 Å². The molecule has 0 aliphatic heterocycles. The number of hydrazine groups is 1. The molecule has 0 atom stereocenters. The van der Waals surface area contributed by atoms with Crippen LogP contribution in [0.25, 0.3) is 0 Å². The summed E-state index contributed by atoms with van der Waals surface area (Å²) in [5.41, 5.74) is 2.67. The van der Waals surface area contributed by atoms with Gasteiger partial charge in [-0.05, 0) is 19.1 Å². The summed E-state index contributed by atoms with van der Waals surface area (Å²) in [5.74, 6) is 4.72. The van der Waals surface area contributed by atoms with Gasteiger partial charge in [-0.25, -0.2) is 5.84 Å². The van der Waals surface area contributed by atoms with E-state index in [1.54, 1.807) is 6.07 Å². The molecule has 1 heterocycles. The zero-order valence-corrected chi connectivity index (χ0v) is 6.37. The molecule has 1 rings (SSSR count). The predicted molar refractivity (Wildman–Crippen MR) is 41.8 cm³/mol. The van der Waals surface area contributed by atoms with Crippen molar-refractivity contribution < 1.29 is 4.79 Å². The van der Waals surface area contributed by atoms with Crippen LogP contribution in [-0.4, -0.2) is 10.5 Å². The number of nitrogens with one attached hydrogen (secondary N) is 1. The first kappa shape index (κ1) is 7.81. The Morgan fingerprint density at radius 1 is 1.82 bits per heavy atom. The summed E-state index contributed by atoms with van der Waals surface area (Å²) in [6.07, 6.45) is 1.84. The third-order valence-corrected chi connectivity index (χ3v) is 1.53. The Labute approximate surface area is 65.0 Å². The Hall–Kier alpha value is -1.29. The molecule has 11 heavy (non-hydrogen) atoms. The van der Waals surface area contributed by atoms with Gasteiger partial charge >= 0.3 is 0 Å². The molecule has 4 heteroatoms. The van der Waals surface area contributed by atoms with Crippen LogP contribution in [0.3, 0.4) is 0 Å². The molecule has 0 saturated carbocycles. The van der Waals surface area contributed by atoms with Crippen LogP contribution in [0, 0.1) is 0 Å². The van der Waals surface area contributed by atoms with Gasteiger partial charge in [-0.15, -0.1) is 0 Å². The Kier molecular flexibility index (Phi) is 2.28. The summed E-state index contributed by atoms with van der Waals surface area (Å²) in [5, 5.41) is 0. The number of nitrogens with zero attached hydrogens (tertiary/aromatic N) is 1. The number of nitrogen functional groups attached to an aromatic ring is 1. The lowest BCUT2D eigenvalue weighted by Crippen LogP contribution is -2.31. The number of carbonyl (C=O) groups is 1. The van der Waals surface area contributed by atoms with Crippen molar-refractivity contribution >= 4 is 5.91 Å². The quantitative estimate of drug-likeness (QED) is 0.360. The highest BCUT2D eigenvalue weighted by Gasteiger charge is 2.06. The third-order valence-electron chi connectivity index (χ3n) is 1.53. The summed E-state index contributed by atoms with van der Waals surface area (Å²) >= 11 is 0. The highest BCUT2D eigenvalue weighted by Crippen LogP contribution is 2.00. The van der Waals surface area contributed by atoms with E-state index in [0.717, 1.165) is 6.54 Å². The SMILES string of the molecule is CCn1cccc1C(=O)NN. The van der Waals surface area contributed by atoms with Gasteiger partial charge in [-0.1, -0.05) is 0 Å². The lowest BCUT2D eigenvalue weighted by Gasteiger charge is -2.03. The number of hydrogen-bond acceptors (Lipinski definition) is 2. The van der Waals surface area contributed by atoms with Gasteiger partial charge < -0.3 is 4.57 Å². The van der Waals surface area contributed by atoms with E-state index < -0.39 is 0 Å². The molecular weight excluding hydrogens is 142 g/mol. The molecule has 1 aromatic rings. The maximum atomic E-state index is 11.0. The number of aromatic nitrogens is 1. The molecule has 0 aliphatic carbocycles. The van der Waals surface area contributed by atoms with Crippen molar-refractivity contribution in [3.05, 3.63) is 24.0 Å². The fraction of sp³-hybridized carbons (Fsp3) is 0.286. The number of nitrogens with two attached hydrogens (primary N) is 1. The van der Waals surface area contributed by atoms with Crippen molar-refractivity contribution in [1.82, 2.24) is 9.99 Å². The minimum absolute atomic E-state index is 0.253. The smallest absolute Gasteiger partial charge is 0.281 e. The predicted octanol–water partition coefficient (Wildman–Crippen LogP) is 0.112. The zero-order chi connectivity index (χ0) is 8.27. The van der Waals surface area contributed by atoms with Crippen LogP contribution >= 0.6 is 0 Å². The molecule has 0 aliphatic rings. The number of amides is 1. The second-order valence-electron chi connectivity index (χ2n) is 2.15. The van der Waals surface area contributed by atoms with E-state index in [1.165, 1.54) is 0 Å². The Balaban J connectivity index is 2.92. The van der Waals surface area contributed by atoms with E-state index in [-0.39, 0.29) is 5.91 Å². The first-order chi connectivity index (χ1) is 5.29. The Morgan fingerprint density at radius 3 is 3.09 bits per heavy atom. The molecule has 0 fully saturated rings. The number of aryl methyl sites for hydroxylation is 1. The molecule has 0 saturated heterocycles. The second kappa shape index (κ2) is 3.21. The minimum atomic E-state index is -0.253. The summed E-state index contributed by atoms with van der Waals surface area (Å²) in [4.78, 5) is 11.0. The highest BCUT2D eigenvalue weighted by atomic mass is 16.2. The van der Waals surface area contributed by atoms with E-state index in [0.29, 0.717) is 5.69 Å². The lowest BCUT2D eigenvalue weighted by atomic mass is 10.4. The molecule has 0 aromatic carbocycles. The van der Waals surface area contributed by atoms with Crippen LogP contribution in [0.2, 0.25) is 0 Å². The molecular formula is C7H11N3O. The van der Waals surface area contributed by atoms with Crippen molar-refractivity contribution in [1.29, 1.82) is 0 Å². The van der Waals surface area contributed by atoms with Gasteiger partial charge in [0.05, 0.1) is 0 Å². The molecule has 3 N–H and O–H groups in total. The van der Waals surface area contributed by atoms with Gasteiger partial charge in [0.15, 0.2) is 0 Å². The third kappa shape index (κ3) is 1.40. The van der Waals surface area contributed by atoms with E-state index in [4.69, 9.17) is 5.84 Å². The number of rotatable bonds is 2. The van der Waals surface area contributed by atoms with Crippen LogP contribution in [0.15, 0.2) is 18.3 Å². The van der Waals surface area contributed by atoms with Gasteiger partial charge in [0.1, 0.15) is 5.69 Å². The second-order valence-corrected chi connectivity index (χ2v) is 2.15. The van der Waals surface area contributed by atoms with Gasteiger partial charge in [0.2, 0.25) is 0 Å². The molecule has 1 amide bonds. The summed E-state index contributed by atoms with van der Waals surface area (Å²) < 4.78 is 1.82. The highest BCUT2D eigenvalue weighted by molar-refractivity contribution is 5.92. The van der Waals surface area contributed by atoms with Crippen LogP contribution in [0.1, 0.15) is 17.4 Å². The average Bonchev–Trinajstić information content (AvgIpc) is 2.50. The van der Waals surface area contributed by atoms with E-state index in [9.17, 15) is 4.79 Å². The van der Waals surface area contributed by atoms with Crippen molar-refractivity contribution in [3.8, 4) is 0 Å². The molecule has 0 unspecified atom stereocenters. The maximum Gasteiger partial charge on any atom is 0.281 e. The van der Waals surface area contributed by atoms with Gasteiger partial charge in [-0.2, -0.15) is 0 Å². The largest absolute Gasteiger partial charge is 0.344 e. The van der Waals surface area contributed by atoms with E-state index >= 15 is 0 Å². The molecule has 1 aromatic heterocycles. The first-order valence-electron chi connectivity index (χ1n) is 3.45. The van der Waals surface area contributed by atoms with Gasteiger partial charge in [-0.3, -0.25) is 10.2 Å². The van der Waals surface area contributed by atoms with Crippen LogP contribution in [0.5, 0.6) is 0 Å². The zero-order valence-electron chi connectivity index (χ0n) is 6.37. The Morgan fingerprint density at radius 2 is 2.55 bits per heavy atom. The van der Waals surface area contributed by atoms with E-state index in [1.807, 2.05) is 23.8 Å². The molecule has 4 nitrogen and oxygen atoms in total. The van der Waals surface area contributed by atoms with Gasteiger partial charge in [0, 0.05) is 12.7 Å². The minimum Gasteiger partial charge on any atom is -0.344 e. The molecule has 60 valence electrons. The maximum absolute atomic E-state index is 11.0. The first-order valence-corrected chi connectivity index (χ1v) is 3.45. The normalized spacial score (nSPS) is 9.64. The van der Waals surface area contributed by atoms with E-state index in [2.05, 4.69) is 5.43 Å². The lowest BCUT2D eigenvalue weighted by molar-refractivity contribution is 0.0944. The fourth-order valence-electron chi connectivity index (χ4n) is 0.970. The van der Waals surface area contributed by atoms with Crippen LogP contribution < -0.4 is 11.3 Å². The number of hydrogen-bond donors (Lipinski definition) is 2. The topological polar surface area (TPSA) is 60.0 Å². The van der Waals surface area contributed by atoms with Gasteiger partial charge in [0.25, 0.3) is 5.91 Å².